The van der Waals surface area contributed by atoms with Crippen LogP contribution in [0.2, 0.25) is 0 Å². The Morgan fingerprint density at radius 2 is 1.94 bits per heavy atom. The van der Waals surface area contributed by atoms with E-state index in [0.29, 0.717) is 6.54 Å². The van der Waals surface area contributed by atoms with Crippen LogP contribution >= 0.6 is 0 Å². The molecule has 0 spiro atoms. The molecule has 0 saturated carbocycles. The monoisotopic (exact) mass is 250 g/mol. The predicted molar refractivity (Wildman–Crippen MR) is 73.7 cm³/mol. The quantitative estimate of drug-likeness (QED) is 0.808. The van der Waals surface area contributed by atoms with Crippen molar-refractivity contribution in [1.82, 2.24) is 0 Å². The smallest absolute Gasteiger partial charge is 0.327 e. The first-order chi connectivity index (χ1) is 8.40. The van der Waals surface area contributed by atoms with E-state index < -0.39 is 11.5 Å². The summed E-state index contributed by atoms with van der Waals surface area (Å²) in [5.41, 5.74) is 7.26. The minimum absolute atomic E-state index is 0.395. The van der Waals surface area contributed by atoms with Crippen LogP contribution in [0, 0.1) is 6.92 Å². The van der Waals surface area contributed by atoms with Crippen molar-refractivity contribution in [1.29, 1.82) is 0 Å². The van der Waals surface area contributed by atoms with E-state index in [9.17, 15) is 4.79 Å². The number of carbonyl (C=O) groups excluding carboxylic acids is 1. The maximum Gasteiger partial charge on any atom is 0.327 e. The number of aryl methyl sites for hydroxylation is 1. The molecule has 0 aliphatic heterocycles. The second-order valence-corrected chi connectivity index (χ2v) is 4.76. The lowest BCUT2D eigenvalue weighted by atomic mass is 10.0. The summed E-state index contributed by atoms with van der Waals surface area (Å²) in [6.45, 7) is 6.98. The van der Waals surface area contributed by atoms with Gasteiger partial charge in [0.25, 0.3) is 0 Å². The maximum absolute atomic E-state index is 11.6. The summed E-state index contributed by atoms with van der Waals surface area (Å²) < 4.78 is 4.72. The Labute approximate surface area is 109 Å². The Kier molecular flexibility index (Phi) is 4.73. The van der Waals surface area contributed by atoms with Crippen LogP contribution in [-0.2, 0) is 9.53 Å². The lowest BCUT2D eigenvalue weighted by Gasteiger charge is -2.31. The van der Waals surface area contributed by atoms with Gasteiger partial charge in [-0.05, 0) is 32.9 Å². The SMILES string of the molecule is CCN(CC(C)(N)C(=O)OC)c1ccc(C)cc1. The van der Waals surface area contributed by atoms with E-state index in [4.69, 9.17) is 10.5 Å². The third-order valence-corrected chi connectivity index (χ3v) is 2.95. The zero-order valence-electron chi connectivity index (χ0n) is 11.6. The van der Waals surface area contributed by atoms with Crippen LogP contribution in [0.15, 0.2) is 24.3 Å². The molecule has 1 aromatic rings. The van der Waals surface area contributed by atoms with Crippen molar-refractivity contribution in [3.05, 3.63) is 29.8 Å². The van der Waals surface area contributed by atoms with Crippen LogP contribution in [0.25, 0.3) is 0 Å². The summed E-state index contributed by atoms with van der Waals surface area (Å²) in [5.74, 6) is -0.395. The predicted octanol–water partition coefficient (Wildman–Crippen LogP) is 1.71. The van der Waals surface area contributed by atoms with Gasteiger partial charge in [0.15, 0.2) is 0 Å². The summed E-state index contributed by atoms with van der Waals surface area (Å²) in [6.07, 6.45) is 0. The molecular formula is C14H22N2O2. The van der Waals surface area contributed by atoms with Crippen LogP contribution in [0.3, 0.4) is 0 Å². The zero-order chi connectivity index (χ0) is 13.8. The fourth-order valence-corrected chi connectivity index (χ4v) is 1.84. The average molecular weight is 250 g/mol. The topological polar surface area (TPSA) is 55.6 Å². The first kappa shape index (κ1) is 14.5. The van der Waals surface area contributed by atoms with Crippen molar-refractivity contribution in [2.75, 3.05) is 25.1 Å². The standard InChI is InChI=1S/C14H22N2O2/c1-5-16(10-14(3,15)13(17)18-4)12-8-6-11(2)7-9-12/h6-9H,5,10,15H2,1-4H3. The van der Waals surface area contributed by atoms with Gasteiger partial charge in [-0.25, -0.2) is 0 Å². The summed E-state index contributed by atoms with van der Waals surface area (Å²) in [6, 6.07) is 8.16. The van der Waals surface area contributed by atoms with Crippen molar-refractivity contribution in [2.45, 2.75) is 26.3 Å². The van der Waals surface area contributed by atoms with Gasteiger partial charge in [-0.2, -0.15) is 0 Å². The first-order valence-electron chi connectivity index (χ1n) is 6.09. The normalized spacial score (nSPS) is 13.8. The molecule has 0 aliphatic carbocycles. The highest BCUT2D eigenvalue weighted by Gasteiger charge is 2.31. The molecule has 1 rings (SSSR count). The summed E-state index contributed by atoms with van der Waals surface area (Å²) >= 11 is 0. The van der Waals surface area contributed by atoms with Gasteiger partial charge < -0.3 is 15.4 Å². The molecule has 0 radical (unpaired) electrons. The van der Waals surface area contributed by atoms with Crippen molar-refractivity contribution in [3.8, 4) is 0 Å². The number of rotatable bonds is 5. The Morgan fingerprint density at radius 1 is 1.39 bits per heavy atom. The highest BCUT2D eigenvalue weighted by molar-refractivity contribution is 5.81. The van der Waals surface area contributed by atoms with E-state index in [1.165, 1.54) is 12.7 Å². The fourth-order valence-electron chi connectivity index (χ4n) is 1.84. The molecule has 1 atom stereocenters. The molecule has 4 nitrogen and oxygen atoms in total. The largest absolute Gasteiger partial charge is 0.468 e. The summed E-state index contributed by atoms with van der Waals surface area (Å²) in [7, 11) is 1.36. The number of nitrogens with two attached hydrogens (primary N) is 1. The Morgan fingerprint density at radius 3 is 2.39 bits per heavy atom. The number of likely N-dealkylation sites (N-methyl/N-ethyl adjacent to an activating group) is 1. The van der Waals surface area contributed by atoms with Crippen molar-refractivity contribution >= 4 is 11.7 Å². The molecule has 0 bridgehead atoms. The minimum Gasteiger partial charge on any atom is -0.468 e. The van der Waals surface area contributed by atoms with Crippen molar-refractivity contribution < 1.29 is 9.53 Å². The van der Waals surface area contributed by atoms with E-state index in [1.807, 2.05) is 38.1 Å². The van der Waals surface area contributed by atoms with Gasteiger partial charge in [0, 0.05) is 18.8 Å². The molecule has 100 valence electrons. The number of methoxy groups -OCH3 is 1. The molecule has 18 heavy (non-hydrogen) atoms. The molecule has 1 unspecified atom stereocenters. The van der Waals surface area contributed by atoms with Gasteiger partial charge in [0.05, 0.1) is 7.11 Å². The van der Waals surface area contributed by atoms with Crippen molar-refractivity contribution in [3.63, 3.8) is 0 Å². The molecule has 4 heteroatoms. The highest BCUT2D eigenvalue weighted by atomic mass is 16.5. The van der Waals surface area contributed by atoms with E-state index >= 15 is 0 Å². The number of nitrogens with zero attached hydrogens (tertiary/aromatic N) is 1. The molecule has 1 aromatic carbocycles. The lowest BCUT2D eigenvalue weighted by molar-refractivity contribution is -0.146. The highest BCUT2D eigenvalue weighted by Crippen LogP contribution is 2.17. The van der Waals surface area contributed by atoms with Crippen LogP contribution in [-0.4, -0.2) is 31.7 Å². The number of hydrogen-bond donors (Lipinski definition) is 1. The molecule has 0 heterocycles. The van der Waals surface area contributed by atoms with Crippen molar-refractivity contribution in [2.24, 2.45) is 5.73 Å². The second kappa shape index (κ2) is 5.87. The van der Waals surface area contributed by atoms with Gasteiger partial charge in [-0.15, -0.1) is 0 Å². The lowest BCUT2D eigenvalue weighted by Crippen LogP contribution is -2.54. The van der Waals surface area contributed by atoms with E-state index in [2.05, 4.69) is 4.90 Å². The third-order valence-electron chi connectivity index (χ3n) is 2.95. The molecule has 0 aliphatic rings. The van der Waals surface area contributed by atoms with E-state index in [0.717, 1.165) is 12.2 Å². The minimum atomic E-state index is -1.00. The van der Waals surface area contributed by atoms with E-state index in [-0.39, 0.29) is 0 Å². The summed E-state index contributed by atoms with van der Waals surface area (Å²) in [4.78, 5) is 13.7. The Balaban J connectivity index is 2.85. The zero-order valence-corrected chi connectivity index (χ0v) is 11.6. The number of benzene rings is 1. The van der Waals surface area contributed by atoms with Gasteiger partial charge in [-0.3, -0.25) is 4.79 Å². The van der Waals surface area contributed by atoms with Crippen LogP contribution in [0.5, 0.6) is 0 Å². The van der Waals surface area contributed by atoms with Crippen LogP contribution < -0.4 is 10.6 Å². The number of hydrogen-bond acceptors (Lipinski definition) is 4. The molecule has 0 saturated heterocycles. The second-order valence-electron chi connectivity index (χ2n) is 4.76. The molecule has 0 fully saturated rings. The Bertz CT molecular complexity index is 399. The van der Waals surface area contributed by atoms with Gasteiger partial charge in [0.1, 0.15) is 5.54 Å². The molecule has 0 aromatic heterocycles. The van der Waals surface area contributed by atoms with E-state index in [1.54, 1.807) is 6.92 Å². The number of ether oxygens (including phenoxy) is 1. The van der Waals surface area contributed by atoms with Gasteiger partial charge in [0.2, 0.25) is 0 Å². The van der Waals surface area contributed by atoms with Gasteiger partial charge >= 0.3 is 5.97 Å². The number of anilines is 1. The summed E-state index contributed by atoms with van der Waals surface area (Å²) in [5, 5.41) is 0. The molecule has 0 amide bonds. The average Bonchev–Trinajstić information content (AvgIpc) is 2.36. The number of carbonyl (C=O) groups is 1. The molecule has 2 N–H and O–H groups in total. The van der Waals surface area contributed by atoms with Gasteiger partial charge in [-0.1, -0.05) is 17.7 Å². The number of esters is 1. The van der Waals surface area contributed by atoms with Crippen LogP contribution in [0.4, 0.5) is 5.69 Å². The fraction of sp³-hybridized carbons (Fsp3) is 0.500. The maximum atomic E-state index is 11.6. The van der Waals surface area contributed by atoms with Crippen LogP contribution in [0.1, 0.15) is 19.4 Å². The Hall–Kier alpha value is -1.55. The first-order valence-corrected chi connectivity index (χ1v) is 6.09. The molecular weight excluding hydrogens is 228 g/mol. The third kappa shape index (κ3) is 3.47.